The Balaban J connectivity index is 1.20. The highest BCUT2D eigenvalue weighted by atomic mass is 16.3. The van der Waals surface area contributed by atoms with Crippen molar-refractivity contribution in [2.24, 2.45) is 0 Å². The zero-order valence-corrected chi connectivity index (χ0v) is 28.9. The van der Waals surface area contributed by atoms with Gasteiger partial charge in [-0.1, -0.05) is 103 Å². The predicted molar refractivity (Wildman–Crippen MR) is 213 cm³/mol. The lowest BCUT2D eigenvalue weighted by atomic mass is 9.78. The predicted octanol–water partition coefficient (Wildman–Crippen LogP) is 12.2. The molecule has 1 saturated carbocycles. The summed E-state index contributed by atoms with van der Waals surface area (Å²) in [5.74, 6) is -1.72. The first-order valence-electron chi connectivity index (χ1n) is 18.3. The Morgan fingerprint density at radius 2 is 1.11 bits per heavy atom. The van der Waals surface area contributed by atoms with Crippen LogP contribution in [0.1, 0.15) is 53.9 Å². The summed E-state index contributed by atoms with van der Waals surface area (Å²) in [7, 11) is 0. The quantitative estimate of drug-likeness (QED) is 0.106. The van der Waals surface area contributed by atoms with Crippen LogP contribution in [0.2, 0.25) is 0 Å². The van der Waals surface area contributed by atoms with Gasteiger partial charge in [-0.15, -0.1) is 0 Å². The van der Waals surface area contributed by atoms with Crippen molar-refractivity contribution in [1.82, 2.24) is 0 Å². The van der Waals surface area contributed by atoms with E-state index in [-0.39, 0.29) is 28.5 Å². The molecule has 0 amide bonds. The van der Waals surface area contributed by atoms with E-state index in [1.807, 2.05) is 18.2 Å². The van der Waals surface area contributed by atoms with E-state index in [9.17, 15) is 20.4 Å². The van der Waals surface area contributed by atoms with Gasteiger partial charge in [0.1, 0.15) is 11.2 Å². The van der Waals surface area contributed by atoms with E-state index in [4.69, 9.17) is 4.42 Å². The molecular weight excluding hydrogens is 657 g/mol. The zero-order chi connectivity index (χ0) is 35.8. The van der Waals surface area contributed by atoms with Crippen molar-refractivity contribution in [3.8, 4) is 56.4 Å². The topological polar surface area (TPSA) is 94.1 Å². The smallest absolute Gasteiger partial charge is 0.169 e. The minimum absolute atomic E-state index is 0.00716. The summed E-state index contributed by atoms with van der Waals surface area (Å²) in [5, 5.41) is 48.5. The van der Waals surface area contributed by atoms with Gasteiger partial charge in [0.2, 0.25) is 0 Å². The maximum Gasteiger partial charge on any atom is 0.169 e. The first kappa shape index (κ1) is 31.3. The number of phenolic OH excluding ortho intramolecular Hbond substituents is 4. The van der Waals surface area contributed by atoms with Gasteiger partial charge in [-0.25, -0.2) is 0 Å². The lowest BCUT2D eigenvalue weighted by Crippen LogP contribution is -2.09. The van der Waals surface area contributed by atoms with Crippen LogP contribution in [0.3, 0.4) is 0 Å². The Bertz CT molecular complexity index is 2760. The molecule has 5 heteroatoms. The number of hydrogen-bond donors (Lipinski definition) is 4. The molecule has 10 rings (SSSR count). The van der Waals surface area contributed by atoms with Gasteiger partial charge >= 0.3 is 0 Å². The first-order valence-corrected chi connectivity index (χ1v) is 18.3. The fourth-order valence-corrected chi connectivity index (χ4v) is 8.69. The van der Waals surface area contributed by atoms with E-state index in [1.165, 1.54) is 44.2 Å². The third-order valence-electron chi connectivity index (χ3n) is 11.5. The van der Waals surface area contributed by atoms with E-state index in [0.29, 0.717) is 16.7 Å². The second kappa shape index (κ2) is 12.1. The van der Waals surface area contributed by atoms with E-state index in [2.05, 4.69) is 97.1 Å². The molecule has 7 aromatic carbocycles. The Labute approximate surface area is 306 Å². The second-order valence-corrected chi connectivity index (χ2v) is 14.4. The van der Waals surface area contributed by atoms with Crippen molar-refractivity contribution in [2.45, 2.75) is 38.0 Å². The van der Waals surface area contributed by atoms with Crippen LogP contribution < -0.4 is 0 Å². The van der Waals surface area contributed by atoms with Crippen molar-refractivity contribution < 1.29 is 24.8 Å². The Morgan fingerprint density at radius 3 is 1.74 bits per heavy atom. The lowest BCUT2D eigenvalue weighted by Gasteiger charge is -2.28. The first-order chi connectivity index (χ1) is 26.0. The molecule has 0 unspecified atom stereocenters. The molecule has 1 heterocycles. The molecule has 0 saturated heterocycles. The molecule has 0 spiro atoms. The average molecular weight is 693 g/mol. The number of rotatable bonds is 5. The van der Waals surface area contributed by atoms with Gasteiger partial charge in [-0.05, 0) is 123 Å². The van der Waals surface area contributed by atoms with E-state index in [1.54, 1.807) is 12.1 Å². The van der Waals surface area contributed by atoms with Crippen molar-refractivity contribution in [1.29, 1.82) is 0 Å². The molecule has 0 aliphatic heterocycles. The molecule has 53 heavy (non-hydrogen) atoms. The summed E-state index contributed by atoms with van der Waals surface area (Å²) in [5.41, 5.74) is 11.6. The molecule has 2 aliphatic rings. The van der Waals surface area contributed by atoms with Crippen LogP contribution in [0.5, 0.6) is 23.0 Å². The maximum absolute atomic E-state index is 11.2. The number of phenols is 4. The summed E-state index contributed by atoms with van der Waals surface area (Å²) in [4.78, 5) is 0. The van der Waals surface area contributed by atoms with Crippen LogP contribution in [-0.2, 0) is 6.42 Å². The van der Waals surface area contributed by atoms with Gasteiger partial charge < -0.3 is 24.8 Å². The normalized spacial score (nSPS) is 14.4. The van der Waals surface area contributed by atoms with Crippen LogP contribution in [0, 0.1) is 0 Å². The van der Waals surface area contributed by atoms with Gasteiger partial charge in [-0.3, -0.25) is 0 Å². The number of hydrogen-bond acceptors (Lipinski definition) is 5. The summed E-state index contributed by atoms with van der Waals surface area (Å²) in [6, 6.07) is 41.9. The Kier molecular flexibility index (Phi) is 7.12. The van der Waals surface area contributed by atoms with Gasteiger partial charge in [0.05, 0.1) is 5.56 Å². The summed E-state index contributed by atoms with van der Waals surface area (Å²) in [6.07, 6.45) is 6.74. The highest BCUT2D eigenvalue weighted by molar-refractivity contribution is 6.12. The molecule has 8 aromatic rings. The fourth-order valence-electron chi connectivity index (χ4n) is 8.69. The molecule has 0 atom stereocenters. The third kappa shape index (κ3) is 4.84. The van der Waals surface area contributed by atoms with Gasteiger partial charge in [-0.2, -0.15) is 0 Å². The molecular formula is C48H36O5. The maximum atomic E-state index is 11.2. The van der Waals surface area contributed by atoms with Crippen LogP contribution in [0.25, 0.3) is 71.7 Å². The standard InChI is InChI=1S/C48H36O5/c49-45-43(29-14-7-15-29)46(50)48(52)44(47(45)51)31-21-23-41-39(25-31)38-24-30(20-22-40(38)53-41)42-34-18-8-16-32(27-10-3-1-4-11-27)36(34)26-37-33(17-9-19-35(37)42)28-12-5-2-6-13-28/h1-6,8,10-13,16-18,20-26,29,49-52H,7,9,14-15,19H2. The summed E-state index contributed by atoms with van der Waals surface area (Å²) < 4.78 is 6.33. The number of furan rings is 1. The van der Waals surface area contributed by atoms with Crippen LogP contribution >= 0.6 is 0 Å². The van der Waals surface area contributed by atoms with Gasteiger partial charge in [0, 0.05) is 16.3 Å². The Hall–Kier alpha value is -6.46. The van der Waals surface area contributed by atoms with E-state index in [0.717, 1.165) is 54.0 Å². The van der Waals surface area contributed by atoms with Crippen LogP contribution in [0.4, 0.5) is 0 Å². The summed E-state index contributed by atoms with van der Waals surface area (Å²) in [6.45, 7) is 0. The van der Waals surface area contributed by atoms with Crippen molar-refractivity contribution >= 4 is 38.3 Å². The van der Waals surface area contributed by atoms with Crippen LogP contribution in [0.15, 0.2) is 132 Å². The van der Waals surface area contributed by atoms with Gasteiger partial charge in [0.15, 0.2) is 23.0 Å². The minimum Gasteiger partial charge on any atom is -0.504 e. The fraction of sp³-hybridized carbons (Fsp3) is 0.125. The van der Waals surface area contributed by atoms with E-state index >= 15 is 0 Å². The molecule has 0 radical (unpaired) electrons. The Morgan fingerprint density at radius 1 is 0.491 bits per heavy atom. The molecule has 258 valence electrons. The number of benzene rings is 7. The summed E-state index contributed by atoms with van der Waals surface area (Å²) >= 11 is 0. The van der Waals surface area contributed by atoms with Crippen molar-refractivity contribution in [2.75, 3.05) is 0 Å². The minimum atomic E-state index is -0.436. The molecule has 1 aromatic heterocycles. The number of fused-ring (bicyclic) bond motifs is 5. The molecule has 0 bridgehead atoms. The highest BCUT2D eigenvalue weighted by Crippen LogP contribution is 2.57. The monoisotopic (exact) mass is 692 g/mol. The molecule has 1 fully saturated rings. The third-order valence-corrected chi connectivity index (χ3v) is 11.5. The van der Waals surface area contributed by atoms with Crippen LogP contribution in [-0.4, -0.2) is 20.4 Å². The largest absolute Gasteiger partial charge is 0.504 e. The van der Waals surface area contributed by atoms with E-state index < -0.39 is 11.5 Å². The molecule has 5 nitrogen and oxygen atoms in total. The SMILES string of the molecule is Oc1c(O)c(C2CCC2)c(O)c(O)c1-c1ccc2oc3ccc(-c4c5c(cc6c(-c7ccccc7)cccc46)C(c4ccccc4)=CCC5)cc3c2c1. The van der Waals surface area contributed by atoms with Crippen molar-refractivity contribution in [3.63, 3.8) is 0 Å². The average Bonchev–Trinajstić information content (AvgIpc) is 3.54. The van der Waals surface area contributed by atoms with Crippen molar-refractivity contribution in [3.05, 3.63) is 150 Å². The zero-order valence-electron chi connectivity index (χ0n) is 28.9. The van der Waals surface area contributed by atoms with Gasteiger partial charge in [0.25, 0.3) is 0 Å². The number of aromatic hydroxyl groups is 4. The lowest BCUT2D eigenvalue weighted by molar-refractivity contribution is 0.337. The molecule has 4 N–H and O–H groups in total. The second-order valence-electron chi connectivity index (χ2n) is 14.4. The highest BCUT2D eigenvalue weighted by Gasteiger charge is 2.32. The molecule has 2 aliphatic carbocycles. The number of allylic oxidation sites excluding steroid dienone is 1.